The van der Waals surface area contributed by atoms with E-state index in [4.69, 9.17) is 9.47 Å². The van der Waals surface area contributed by atoms with Gasteiger partial charge in [0.2, 0.25) is 0 Å². The second-order valence-electron chi connectivity index (χ2n) is 7.54. The summed E-state index contributed by atoms with van der Waals surface area (Å²) in [6.07, 6.45) is 5.85. The van der Waals surface area contributed by atoms with Gasteiger partial charge in [-0.1, -0.05) is 18.2 Å². The van der Waals surface area contributed by atoms with Gasteiger partial charge in [0.05, 0.1) is 18.8 Å². The molecule has 0 radical (unpaired) electrons. The number of likely N-dealkylation sites (tertiary alicyclic amines) is 1. The summed E-state index contributed by atoms with van der Waals surface area (Å²) in [6, 6.07) is 10.7. The molecular formula is C21H25FN2O2. The highest BCUT2D eigenvalue weighted by molar-refractivity contribution is 5.15. The normalized spacial score (nSPS) is 21.8. The zero-order chi connectivity index (χ0) is 17.8. The number of nitrogens with zero attached hydrogens (tertiary/aromatic N) is 2. The average Bonchev–Trinajstić information content (AvgIpc) is 3.04. The van der Waals surface area contributed by atoms with E-state index in [2.05, 4.69) is 16.0 Å². The van der Waals surface area contributed by atoms with Crippen LogP contribution in [-0.2, 0) is 22.6 Å². The Kier molecular flexibility index (Phi) is 5.29. The summed E-state index contributed by atoms with van der Waals surface area (Å²) >= 11 is 0. The lowest BCUT2D eigenvalue weighted by Gasteiger charge is -2.47. The van der Waals surface area contributed by atoms with Crippen molar-refractivity contribution < 1.29 is 13.9 Å². The van der Waals surface area contributed by atoms with E-state index < -0.39 is 0 Å². The number of pyridine rings is 1. The Bertz CT molecular complexity index is 719. The number of benzene rings is 1. The molecule has 0 aliphatic carbocycles. The lowest BCUT2D eigenvalue weighted by Crippen LogP contribution is -2.60. The molecule has 1 aromatic heterocycles. The van der Waals surface area contributed by atoms with Crippen molar-refractivity contribution >= 4 is 0 Å². The van der Waals surface area contributed by atoms with E-state index in [1.807, 2.05) is 24.5 Å². The largest absolute Gasteiger partial charge is 0.377 e. The van der Waals surface area contributed by atoms with Crippen molar-refractivity contribution in [2.45, 2.75) is 31.6 Å². The van der Waals surface area contributed by atoms with Gasteiger partial charge in [-0.25, -0.2) is 4.39 Å². The van der Waals surface area contributed by atoms with Gasteiger partial charge in [-0.2, -0.15) is 0 Å². The number of halogens is 1. The maximum atomic E-state index is 13.1. The van der Waals surface area contributed by atoms with Crippen LogP contribution in [0.4, 0.5) is 4.39 Å². The van der Waals surface area contributed by atoms with Crippen LogP contribution in [0.2, 0.25) is 0 Å². The number of hydrogen-bond donors (Lipinski definition) is 0. The predicted molar refractivity (Wildman–Crippen MR) is 97.0 cm³/mol. The van der Waals surface area contributed by atoms with Crippen LogP contribution in [0, 0.1) is 11.7 Å². The minimum atomic E-state index is -0.210. The summed E-state index contributed by atoms with van der Waals surface area (Å²) in [7, 11) is 0. The number of aromatic nitrogens is 1. The molecule has 1 aromatic carbocycles. The molecular weight excluding hydrogens is 331 g/mol. The Hall–Kier alpha value is -1.82. The van der Waals surface area contributed by atoms with Gasteiger partial charge in [-0.05, 0) is 48.1 Å². The molecule has 4 nitrogen and oxygen atoms in total. The van der Waals surface area contributed by atoms with Crippen molar-refractivity contribution in [1.29, 1.82) is 0 Å². The standard InChI is InChI=1S/C21H25FN2O2/c22-20-5-1-3-17(9-20)13-25-8-6-18-10-21(26-14-18)15-24(16-21)12-19-4-2-7-23-11-19/h1-5,7,9,11,18H,6,8,10,12-16H2. The minimum Gasteiger partial charge on any atom is -0.377 e. The molecule has 0 saturated carbocycles. The van der Waals surface area contributed by atoms with Crippen molar-refractivity contribution in [1.82, 2.24) is 9.88 Å². The number of hydrogen-bond acceptors (Lipinski definition) is 4. The van der Waals surface area contributed by atoms with Gasteiger partial charge in [0.1, 0.15) is 5.82 Å². The first-order valence-corrected chi connectivity index (χ1v) is 9.28. The Balaban J connectivity index is 1.15. The van der Waals surface area contributed by atoms with Gasteiger partial charge < -0.3 is 9.47 Å². The zero-order valence-electron chi connectivity index (χ0n) is 14.9. The molecule has 0 amide bonds. The van der Waals surface area contributed by atoms with Crippen LogP contribution in [0.25, 0.3) is 0 Å². The van der Waals surface area contributed by atoms with Gasteiger partial charge in [0, 0.05) is 38.6 Å². The summed E-state index contributed by atoms with van der Waals surface area (Å²) in [5.41, 5.74) is 2.19. The first-order valence-electron chi connectivity index (χ1n) is 9.28. The fraction of sp³-hybridized carbons (Fsp3) is 0.476. The molecule has 5 heteroatoms. The van der Waals surface area contributed by atoms with E-state index >= 15 is 0 Å². The molecule has 0 bridgehead atoms. The third kappa shape index (κ3) is 4.29. The molecule has 1 unspecified atom stereocenters. The highest BCUT2D eigenvalue weighted by atomic mass is 19.1. The van der Waals surface area contributed by atoms with Crippen molar-refractivity contribution in [2.75, 3.05) is 26.3 Å². The molecule has 138 valence electrons. The van der Waals surface area contributed by atoms with Crippen LogP contribution in [0.1, 0.15) is 24.0 Å². The summed E-state index contributed by atoms with van der Waals surface area (Å²) in [5, 5.41) is 0. The molecule has 1 spiro atoms. The van der Waals surface area contributed by atoms with E-state index in [0.717, 1.165) is 44.6 Å². The zero-order valence-corrected chi connectivity index (χ0v) is 14.9. The second-order valence-corrected chi connectivity index (χ2v) is 7.54. The van der Waals surface area contributed by atoms with Gasteiger partial charge >= 0.3 is 0 Å². The quantitative estimate of drug-likeness (QED) is 0.712. The third-order valence-electron chi connectivity index (χ3n) is 5.27. The summed E-state index contributed by atoms with van der Waals surface area (Å²) < 4.78 is 25.0. The van der Waals surface area contributed by atoms with Crippen molar-refractivity contribution in [3.8, 4) is 0 Å². The molecule has 2 aliphatic rings. The fourth-order valence-electron chi connectivity index (χ4n) is 4.04. The molecule has 2 aliphatic heterocycles. The van der Waals surface area contributed by atoms with Crippen LogP contribution in [-0.4, -0.2) is 41.8 Å². The van der Waals surface area contributed by atoms with Crippen LogP contribution in [0.15, 0.2) is 48.8 Å². The second kappa shape index (κ2) is 7.82. The highest BCUT2D eigenvalue weighted by Crippen LogP contribution is 2.39. The summed E-state index contributed by atoms with van der Waals surface area (Å²) in [6.45, 7) is 4.94. The minimum absolute atomic E-state index is 0.0510. The van der Waals surface area contributed by atoms with Gasteiger partial charge in [-0.15, -0.1) is 0 Å². The first kappa shape index (κ1) is 17.6. The molecule has 26 heavy (non-hydrogen) atoms. The van der Waals surface area contributed by atoms with E-state index in [0.29, 0.717) is 19.1 Å². The van der Waals surface area contributed by atoms with Crippen molar-refractivity contribution in [3.05, 3.63) is 65.7 Å². The van der Waals surface area contributed by atoms with E-state index in [9.17, 15) is 4.39 Å². The number of ether oxygens (including phenoxy) is 2. The van der Waals surface area contributed by atoms with E-state index in [-0.39, 0.29) is 11.4 Å². The third-order valence-corrected chi connectivity index (χ3v) is 5.27. The van der Waals surface area contributed by atoms with Gasteiger partial charge in [-0.3, -0.25) is 9.88 Å². The van der Waals surface area contributed by atoms with Crippen LogP contribution < -0.4 is 0 Å². The molecule has 0 N–H and O–H groups in total. The monoisotopic (exact) mass is 356 g/mol. The lowest BCUT2D eigenvalue weighted by molar-refractivity contribution is -0.114. The smallest absolute Gasteiger partial charge is 0.123 e. The molecule has 2 fully saturated rings. The molecule has 3 heterocycles. The van der Waals surface area contributed by atoms with Gasteiger partial charge in [0.15, 0.2) is 0 Å². The molecule has 2 aromatic rings. The topological polar surface area (TPSA) is 34.6 Å². The SMILES string of the molecule is Fc1cccc(COCCC2COC3(C2)CN(Cc2cccnc2)C3)c1. The predicted octanol–water partition coefficient (Wildman–Crippen LogP) is 3.42. The Morgan fingerprint density at radius 3 is 2.92 bits per heavy atom. The van der Waals surface area contributed by atoms with Crippen molar-refractivity contribution in [2.24, 2.45) is 5.92 Å². The molecule has 4 rings (SSSR count). The summed E-state index contributed by atoms with van der Waals surface area (Å²) in [4.78, 5) is 6.59. The summed E-state index contributed by atoms with van der Waals surface area (Å²) in [5.74, 6) is 0.348. The van der Waals surface area contributed by atoms with Crippen LogP contribution in [0.3, 0.4) is 0 Å². The van der Waals surface area contributed by atoms with Crippen molar-refractivity contribution in [3.63, 3.8) is 0 Å². The van der Waals surface area contributed by atoms with Gasteiger partial charge in [0.25, 0.3) is 0 Å². The Morgan fingerprint density at radius 1 is 1.23 bits per heavy atom. The Morgan fingerprint density at radius 2 is 2.12 bits per heavy atom. The first-order chi connectivity index (χ1) is 12.7. The van der Waals surface area contributed by atoms with E-state index in [1.54, 1.807) is 6.07 Å². The highest BCUT2D eigenvalue weighted by Gasteiger charge is 2.49. The molecule has 2 saturated heterocycles. The van der Waals surface area contributed by atoms with Crippen LogP contribution >= 0.6 is 0 Å². The number of rotatable bonds is 7. The fourth-order valence-corrected chi connectivity index (χ4v) is 4.04. The average molecular weight is 356 g/mol. The maximum absolute atomic E-state index is 13.1. The van der Waals surface area contributed by atoms with Crippen LogP contribution in [0.5, 0.6) is 0 Å². The van der Waals surface area contributed by atoms with E-state index in [1.165, 1.54) is 17.7 Å². The Labute approximate surface area is 153 Å². The molecule has 1 atom stereocenters. The maximum Gasteiger partial charge on any atom is 0.123 e. The lowest BCUT2D eigenvalue weighted by atomic mass is 9.86.